The lowest BCUT2D eigenvalue weighted by atomic mass is 9.70. The highest BCUT2D eigenvalue weighted by atomic mass is 16.3. The van der Waals surface area contributed by atoms with Gasteiger partial charge in [0.2, 0.25) is 0 Å². The fourth-order valence-electron chi connectivity index (χ4n) is 5.10. The molecule has 29 heavy (non-hydrogen) atoms. The van der Waals surface area contributed by atoms with Gasteiger partial charge in [-0.15, -0.1) is 0 Å². The van der Waals surface area contributed by atoms with Crippen LogP contribution in [0.3, 0.4) is 0 Å². The van der Waals surface area contributed by atoms with Gasteiger partial charge in [0.15, 0.2) is 5.65 Å². The Bertz CT molecular complexity index is 999. The second-order valence-electron chi connectivity index (χ2n) is 9.06. The molecule has 1 unspecified atom stereocenters. The number of nitrogens with zero attached hydrogens (tertiary/aromatic N) is 3. The number of aliphatic hydroxyl groups excluding tert-OH is 1. The van der Waals surface area contributed by atoms with Crippen molar-refractivity contribution in [2.75, 3.05) is 18.0 Å². The topological polar surface area (TPSA) is 65.0 Å². The van der Waals surface area contributed by atoms with Crippen LogP contribution in [0.2, 0.25) is 0 Å². The molecular weight excluding hydrogens is 360 g/mol. The molecule has 5 heteroatoms. The monoisotopic (exact) mass is 390 g/mol. The van der Waals surface area contributed by atoms with E-state index in [0.29, 0.717) is 0 Å². The zero-order valence-electron chi connectivity index (χ0n) is 17.2. The Morgan fingerprint density at radius 3 is 2.69 bits per heavy atom. The van der Waals surface area contributed by atoms with Gasteiger partial charge in [-0.1, -0.05) is 38.3 Å². The van der Waals surface area contributed by atoms with E-state index in [9.17, 15) is 5.11 Å². The van der Waals surface area contributed by atoms with Crippen LogP contribution in [0.4, 0.5) is 5.69 Å². The first-order chi connectivity index (χ1) is 14.1. The van der Waals surface area contributed by atoms with E-state index in [1.807, 2.05) is 12.4 Å². The number of aromatic amines is 1. The summed E-state index contributed by atoms with van der Waals surface area (Å²) >= 11 is 0. The Morgan fingerprint density at radius 1 is 1.10 bits per heavy atom. The average Bonchev–Trinajstić information content (AvgIpc) is 3.43. The number of rotatable bonds is 4. The Morgan fingerprint density at radius 2 is 1.90 bits per heavy atom. The summed E-state index contributed by atoms with van der Waals surface area (Å²) in [6.07, 6.45) is 11.5. The first-order valence-electron chi connectivity index (χ1n) is 11.0. The summed E-state index contributed by atoms with van der Waals surface area (Å²) in [4.78, 5) is 15.2. The van der Waals surface area contributed by atoms with E-state index in [2.05, 4.69) is 46.1 Å². The summed E-state index contributed by atoms with van der Waals surface area (Å²) in [5, 5.41) is 11.2. The number of anilines is 1. The molecule has 2 aliphatic rings. The minimum atomic E-state index is -0.517. The van der Waals surface area contributed by atoms with Crippen molar-refractivity contribution in [3.05, 3.63) is 42.2 Å². The van der Waals surface area contributed by atoms with Gasteiger partial charge in [0, 0.05) is 36.1 Å². The Labute approximate surface area is 172 Å². The van der Waals surface area contributed by atoms with Crippen LogP contribution >= 0.6 is 0 Å². The third-order valence-corrected chi connectivity index (χ3v) is 6.97. The van der Waals surface area contributed by atoms with Crippen molar-refractivity contribution in [2.24, 2.45) is 5.41 Å². The van der Waals surface area contributed by atoms with E-state index in [1.54, 1.807) is 0 Å². The SMILES string of the molecule is CC1(C(O)c2c[nH]c3ncc(-c4cccc(N5CCCC5)c4)nc23)CCCCC1. The maximum Gasteiger partial charge on any atom is 0.156 e. The minimum Gasteiger partial charge on any atom is -0.388 e. The van der Waals surface area contributed by atoms with E-state index >= 15 is 0 Å². The molecule has 0 amide bonds. The molecule has 3 heterocycles. The standard InChI is InChI=1S/C24H30N4O/c1-24(10-3-2-4-11-24)22(29)19-15-25-23-21(19)27-20(16-26-23)17-8-7-9-18(14-17)28-12-5-6-13-28/h7-9,14-16,22,29H,2-6,10-13H2,1H3,(H,25,26). The van der Waals surface area contributed by atoms with Crippen LogP contribution in [-0.4, -0.2) is 33.1 Å². The van der Waals surface area contributed by atoms with Crippen molar-refractivity contribution < 1.29 is 5.11 Å². The van der Waals surface area contributed by atoms with Crippen LogP contribution in [0.25, 0.3) is 22.4 Å². The zero-order valence-corrected chi connectivity index (χ0v) is 17.2. The molecule has 1 aliphatic heterocycles. The summed E-state index contributed by atoms with van der Waals surface area (Å²) in [6.45, 7) is 4.47. The van der Waals surface area contributed by atoms with Crippen molar-refractivity contribution >= 4 is 16.9 Å². The van der Waals surface area contributed by atoms with E-state index in [4.69, 9.17) is 4.98 Å². The van der Waals surface area contributed by atoms with Gasteiger partial charge in [0.05, 0.1) is 18.0 Å². The molecule has 2 fully saturated rings. The van der Waals surface area contributed by atoms with Crippen molar-refractivity contribution in [1.82, 2.24) is 15.0 Å². The molecule has 1 saturated heterocycles. The largest absolute Gasteiger partial charge is 0.388 e. The molecule has 3 aromatic rings. The van der Waals surface area contributed by atoms with Crippen LogP contribution in [0.15, 0.2) is 36.7 Å². The minimum absolute atomic E-state index is 0.0826. The summed E-state index contributed by atoms with van der Waals surface area (Å²) in [6, 6.07) is 8.59. The van der Waals surface area contributed by atoms with Gasteiger partial charge in [0.25, 0.3) is 0 Å². The van der Waals surface area contributed by atoms with Crippen molar-refractivity contribution in [3.63, 3.8) is 0 Å². The number of benzene rings is 1. The third kappa shape index (κ3) is 3.42. The van der Waals surface area contributed by atoms with Gasteiger partial charge < -0.3 is 15.0 Å². The van der Waals surface area contributed by atoms with Crippen molar-refractivity contribution in [2.45, 2.75) is 58.0 Å². The quantitative estimate of drug-likeness (QED) is 0.640. The van der Waals surface area contributed by atoms with Crippen molar-refractivity contribution in [3.8, 4) is 11.3 Å². The van der Waals surface area contributed by atoms with Gasteiger partial charge in [-0.2, -0.15) is 0 Å². The fourth-order valence-corrected chi connectivity index (χ4v) is 5.10. The zero-order chi connectivity index (χ0) is 19.8. The predicted octanol–water partition coefficient (Wildman–Crippen LogP) is 5.23. The first kappa shape index (κ1) is 18.6. The number of aliphatic hydroxyl groups is 1. The summed E-state index contributed by atoms with van der Waals surface area (Å²) in [5.74, 6) is 0. The average molecular weight is 391 g/mol. The number of H-pyrrole nitrogens is 1. The highest BCUT2D eigenvalue weighted by Gasteiger charge is 2.36. The highest BCUT2D eigenvalue weighted by Crippen LogP contribution is 2.46. The molecule has 0 spiro atoms. The van der Waals surface area contributed by atoms with Gasteiger partial charge in [-0.05, 0) is 43.2 Å². The molecule has 152 valence electrons. The number of hydrogen-bond acceptors (Lipinski definition) is 4. The van der Waals surface area contributed by atoms with Crippen LogP contribution < -0.4 is 4.90 Å². The van der Waals surface area contributed by atoms with Gasteiger partial charge >= 0.3 is 0 Å². The summed E-state index contributed by atoms with van der Waals surface area (Å²) < 4.78 is 0. The molecule has 5 nitrogen and oxygen atoms in total. The normalized spacial score (nSPS) is 20.3. The molecule has 1 aromatic carbocycles. The third-order valence-electron chi connectivity index (χ3n) is 6.97. The second kappa shape index (κ2) is 7.45. The smallest absolute Gasteiger partial charge is 0.156 e. The maximum absolute atomic E-state index is 11.2. The Balaban J connectivity index is 1.50. The number of fused-ring (bicyclic) bond motifs is 1. The van der Waals surface area contributed by atoms with Crippen molar-refractivity contribution in [1.29, 1.82) is 0 Å². The molecule has 2 N–H and O–H groups in total. The molecule has 2 aromatic heterocycles. The van der Waals surface area contributed by atoms with Gasteiger partial charge in [-0.3, -0.25) is 0 Å². The maximum atomic E-state index is 11.2. The molecule has 1 atom stereocenters. The molecule has 0 radical (unpaired) electrons. The Kier molecular flexibility index (Phi) is 4.78. The molecule has 0 bridgehead atoms. The van der Waals surface area contributed by atoms with E-state index in [-0.39, 0.29) is 5.41 Å². The lowest BCUT2D eigenvalue weighted by molar-refractivity contribution is 0.00908. The van der Waals surface area contributed by atoms with Crippen LogP contribution in [-0.2, 0) is 0 Å². The first-order valence-corrected chi connectivity index (χ1v) is 11.0. The predicted molar refractivity (Wildman–Crippen MR) is 117 cm³/mol. The van der Waals surface area contributed by atoms with Crippen LogP contribution in [0, 0.1) is 5.41 Å². The second-order valence-corrected chi connectivity index (χ2v) is 9.06. The number of nitrogens with one attached hydrogen (secondary N) is 1. The summed E-state index contributed by atoms with van der Waals surface area (Å²) in [5.41, 5.74) is 5.54. The highest BCUT2D eigenvalue weighted by molar-refractivity contribution is 5.79. The lowest BCUT2D eigenvalue weighted by Crippen LogP contribution is -2.28. The van der Waals surface area contributed by atoms with Crippen LogP contribution in [0.5, 0.6) is 0 Å². The van der Waals surface area contributed by atoms with E-state index in [0.717, 1.165) is 53.9 Å². The lowest BCUT2D eigenvalue weighted by Gasteiger charge is -2.37. The van der Waals surface area contributed by atoms with Gasteiger partial charge in [0.1, 0.15) is 5.52 Å². The van der Waals surface area contributed by atoms with Gasteiger partial charge in [-0.25, -0.2) is 9.97 Å². The number of hydrogen-bond donors (Lipinski definition) is 2. The summed E-state index contributed by atoms with van der Waals surface area (Å²) in [7, 11) is 0. The molecule has 1 saturated carbocycles. The number of aromatic nitrogens is 3. The van der Waals surface area contributed by atoms with E-state index in [1.165, 1.54) is 37.8 Å². The van der Waals surface area contributed by atoms with Crippen LogP contribution in [0.1, 0.15) is 63.5 Å². The molecule has 1 aliphatic carbocycles. The molecule has 5 rings (SSSR count). The van der Waals surface area contributed by atoms with E-state index < -0.39 is 6.10 Å². The molecular formula is C24H30N4O. The Hall–Kier alpha value is -2.40. The fraction of sp³-hybridized carbons (Fsp3) is 0.500.